The Morgan fingerprint density at radius 2 is 1.12 bits per heavy atom. The second-order valence-corrected chi connectivity index (χ2v) is 15.7. The number of aliphatic hydroxyl groups excluding tert-OH is 1. The van der Waals surface area contributed by atoms with Gasteiger partial charge in [-0.25, -0.2) is 4.79 Å². The van der Waals surface area contributed by atoms with Crippen molar-refractivity contribution in [2.24, 2.45) is 17.6 Å². The molecule has 0 saturated heterocycles. The second-order valence-electron chi connectivity index (χ2n) is 15.7. The number of carboxylic acids is 1. The molecule has 1 heterocycles. The average Bonchev–Trinajstić information content (AvgIpc) is 3.68. The first kappa shape index (κ1) is 51.5. The number of fused-ring (bicyclic) bond motifs is 1. The van der Waals surface area contributed by atoms with Crippen LogP contribution in [0.2, 0.25) is 0 Å². The molecule has 0 aliphatic heterocycles. The van der Waals surface area contributed by atoms with Crippen LogP contribution in [0.1, 0.15) is 52.2 Å². The van der Waals surface area contributed by atoms with E-state index >= 15 is 0 Å². The fourth-order valence-corrected chi connectivity index (χ4v) is 6.25. The lowest BCUT2D eigenvalue weighted by molar-refractivity contribution is -0.144. The van der Waals surface area contributed by atoms with E-state index in [9.17, 15) is 53.4 Å². The standard InChI is InChI=1S/C43H60N10O11/c1-6-24(4)38(43(63)64)53-42(62)37(23(2)3)52-40(60)30(16-26-12-8-7-9-13-26)51-39(59)31(17-27-18-45-29-15-11-10-14-28(27)29)50-35(58)22-48-33(56)20-46-32(55)19-47-34(57)21-49-41(61)36(44)25(5)54/h7-15,18,23-25,30-31,36-38,45,54H,6,16-17,19-22,44H2,1-5H3,(H,46,55)(H,47,57)(H,48,56)(H,49,61)(H,50,58)(H,51,59)(H,52,60)(H,53,62)(H,63,64)/t24-,25+,30-,31-,36-,37-,38-/m0/s1. The molecule has 0 spiro atoms. The highest BCUT2D eigenvalue weighted by molar-refractivity contribution is 5.97. The third kappa shape index (κ3) is 16.4. The van der Waals surface area contributed by atoms with E-state index in [1.54, 1.807) is 70.3 Å². The molecule has 21 heteroatoms. The molecule has 21 nitrogen and oxygen atoms in total. The number of amides is 8. The Morgan fingerprint density at radius 1 is 0.609 bits per heavy atom. The van der Waals surface area contributed by atoms with E-state index in [4.69, 9.17) is 5.73 Å². The predicted octanol–water partition coefficient (Wildman–Crippen LogP) is -2.15. The van der Waals surface area contributed by atoms with Crippen LogP contribution in [0.5, 0.6) is 0 Å². The van der Waals surface area contributed by atoms with Gasteiger partial charge >= 0.3 is 5.97 Å². The van der Waals surface area contributed by atoms with Crippen LogP contribution in [0.25, 0.3) is 10.9 Å². The lowest BCUT2D eigenvalue weighted by Crippen LogP contribution is -2.60. The normalized spacial score (nSPS) is 14.3. The largest absolute Gasteiger partial charge is 0.480 e. The number of carbonyl (C=O) groups is 9. The first-order valence-corrected chi connectivity index (χ1v) is 20.8. The van der Waals surface area contributed by atoms with Crippen molar-refractivity contribution in [1.29, 1.82) is 0 Å². The number of carbonyl (C=O) groups excluding carboxylic acids is 8. The number of H-pyrrole nitrogens is 1. The van der Waals surface area contributed by atoms with Gasteiger partial charge in [0.25, 0.3) is 0 Å². The van der Waals surface area contributed by atoms with Gasteiger partial charge in [0.1, 0.15) is 30.2 Å². The molecule has 0 unspecified atom stereocenters. The molecule has 1 aromatic heterocycles. The van der Waals surface area contributed by atoms with Gasteiger partial charge < -0.3 is 63.5 Å². The van der Waals surface area contributed by atoms with E-state index in [0.29, 0.717) is 17.5 Å². The molecule has 0 fully saturated rings. The third-order valence-corrected chi connectivity index (χ3v) is 10.3. The Hall–Kier alpha value is -6.87. The number of hydrogen-bond acceptors (Lipinski definition) is 11. The molecule has 3 aromatic rings. The number of rotatable bonds is 25. The van der Waals surface area contributed by atoms with Crippen LogP contribution in [0.15, 0.2) is 60.8 Å². The maximum atomic E-state index is 14.2. The Morgan fingerprint density at radius 3 is 1.69 bits per heavy atom. The molecule has 0 aliphatic carbocycles. The van der Waals surface area contributed by atoms with Crippen LogP contribution in [0.4, 0.5) is 0 Å². The van der Waals surface area contributed by atoms with E-state index in [1.165, 1.54) is 6.92 Å². The number of aliphatic carboxylic acids is 1. The number of nitrogens with two attached hydrogens (primary N) is 1. The highest BCUT2D eigenvalue weighted by Crippen LogP contribution is 2.19. The van der Waals surface area contributed by atoms with E-state index in [1.807, 2.05) is 18.2 Å². The zero-order valence-electron chi connectivity index (χ0n) is 36.5. The topological polar surface area (TPSA) is 332 Å². The Balaban J connectivity index is 1.72. The summed E-state index contributed by atoms with van der Waals surface area (Å²) >= 11 is 0. The summed E-state index contributed by atoms with van der Waals surface area (Å²) < 4.78 is 0. The Labute approximate surface area is 370 Å². The molecule has 0 bridgehead atoms. The van der Waals surface area contributed by atoms with Crippen molar-refractivity contribution in [3.63, 3.8) is 0 Å². The van der Waals surface area contributed by atoms with Crippen LogP contribution < -0.4 is 48.3 Å². The molecule has 348 valence electrons. The maximum Gasteiger partial charge on any atom is 0.326 e. The molecule has 2 aromatic carbocycles. The summed E-state index contributed by atoms with van der Waals surface area (Å²) in [5.74, 6) is -8.19. The molecule has 0 aliphatic rings. The summed E-state index contributed by atoms with van der Waals surface area (Å²) in [6.45, 7) is 5.87. The lowest BCUT2D eigenvalue weighted by Gasteiger charge is -2.28. The fourth-order valence-electron chi connectivity index (χ4n) is 6.25. The molecule has 3 rings (SSSR count). The van der Waals surface area contributed by atoms with Gasteiger partial charge in [-0.05, 0) is 36.0 Å². The van der Waals surface area contributed by atoms with Gasteiger partial charge in [-0.3, -0.25) is 38.4 Å². The minimum absolute atomic E-state index is 0.0239. The van der Waals surface area contributed by atoms with Crippen LogP contribution >= 0.6 is 0 Å². The summed E-state index contributed by atoms with van der Waals surface area (Å²) in [6, 6.07) is 9.81. The number of benzene rings is 2. The van der Waals surface area contributed by atoms with Crippen molar-refractivity contribution >= 4 is 64.1 Å². The minimum atomic E-state index is -1.30. The predicted molar refractivity (Wildman–Crippen MR) is 233 cm³/mol. The van der Waals surface area contributed by atoms with Crippen molar-refractivity contribution in [3.8, 4) is 0 Å². The zero-order chi connectivity index (χ0) is 47.5. The van der Waals surface area contributed by atoms with E-state index in [2.05, 4.69) is 47.5 Å². The summed E-state index contributed by atoms with van der Waals surface area (Å²) in [7, 11) is 0. The maximum absolute atomic E-state index is 14.2. The number of aromatic amines is 1. The number of aliphatic hydroxyl groups is 1. The number of aromatic nitrogens is 1. The van der Waals surface area contributed by atoms with Crippen LogP contribution in [-0.2, 0) is 56.0 Å². The fraction of sp³-hybridized carbons (Fsp3) is 0.465. The molecule has 0 saturated carbocycles. The monoisotopic (exact) mass is 892 g/mol. The van der Waals surface area contributed by atoms with Crippen molar-refractivity contribution in [2.45, 2.75) is 90.2 Å². The average molecular weight is 893 g/mol. The van der Waals surface area contributed by atoms with E-state index in [-0.39, 0.29) is 12.8 Å². The SMILES string of the molecule is CC[C@H](C)[C@H](NC(=O)[C@@H](NC(=O)[C@H](Cc1ccccc1)NC(=O)[C@H](Cc1c[nH]c2ccccc12)NC(=O)CNC(=O)CNC(=O)CNC(=O)CNC(=O)[C@@H](N)[C@@H](C)O)C(C)C)C(=O)O. The Bertz CT molecular complexity index is 2110. The summed E-state index contributed by atoms with van der Waals surface area (Å²) in [6.07, 6.45) is 0.920. The molecule has 7 atom stereocenters. The van der Waals surface area contributed by atoms with Crippen LogP contribution in [0.3, 0.4) is 0 Å². The van der Waals surface area contributed by atoms with Gasteiger partial charge in [0.15, 0.2) is 0 Å². The minimum Gasteiger partial charge on any atom is -0.480 e. The van der Waals surface area contributed by atoms with E-state index in [0.717, 1.165) is 10.9 Å². The van der Waals surface area contributed by atoms with Gasteiger partial charge in [-0.1, -0.05) is 82.6 Å². The van der Waals surface area contributed by atoms with Crippen molar-refractivity contribution in [1.82, 2.24) is 47.5 Å². The number of nitrogens with one attached hydrogen (secondary N) is 9. The quantitative estimate of drug-likeness (QED) is 0.0434. The summed E-state index contributed by atoms with van der Waals surface area (Å²) in [4.78, 5) is 119. The molecule has 13 N–H and O–H groups in total. The zero-order valence-corrected chi connectivity index (χ0v) is 36.5. The van der Waals surface area contributed by atoms with Gasteiger partial charge in [-0.2, -0.15) is 0 Å². The smallest absolute Gasteiger partial charge is 0.326 e. The molecular formula is C43H60N10O11. The van der Waals surface area contributed by atoms with E-state index < -0.39 is 128 Å². The van der Waals surface area contributed by atoms with Gasteiger partial charge in [-0.15, -0.1) is 0 Å². The van der Waals surface area contributed by atoms with Crippen molar-refractivity contribution in [3.05, 3.63) is 71.9 Å². The molecule has 64 heavy (non-hydrogen) atoms. The summed E-state index contributed by atoms with van der Waals surface area (Å²) in [5, 5.41) is 39.6. The highest BCUT2D eigenvalue weighted by atomic mass is 16.4. The first-order valence-electron chi connectivity index (χ1n) is 20.8. The molecule has 8 amide bonds. The van der Waals surface area contributed by atoms with Crippen molar-refractivity contribution in [2.75, 3.05) is 26.2 Å². The van der Waals surface area contributed by atoms with Gasteiger partial charge in [0.2, 0.25) is 47.3 Å². The Kier molecular flexibility index (Phi) is 20.3. The lowest BCUT2D eigenvalue weighted by atomic mass is 9.97. The number of para-hydroxylation sites is 1. The summed E-state index contributed by atoms with van der Waals surface area (Å²) in [5.41, 5.74) is 7.56. The third-order valence-electron chi connectivity index (χ3n) is 10.3. The van der Waals surface area contributed by atoms with Crippen molar-refractivity contribution < 1.29 is 53.4 Å². The molecule has 0 radical (unpaired) electrons. The first-order chi connectivity index (χ1) is 30.3. The second kappa shape index (κ2) is 25.3. The van der Waals surface area contributed by atoms with Crippen LogP contribution in [-0.4, -0.2) is 131 Å². The number of carboxylic acid groups (broad SMARTS) is 1. The number of hydrogen-bond donors (Lipinski definition) is 12. The van der Waals surface area contributed by atoms with Crippen LogP contribution in [0, 0.1) is 11.8 Å². The highest BCUT2D eigenvalue weighted by Gasteiger charge is 2.34. The van der Waals surface area contributed by atoms with Gasteiger partial charge in [0, 0.05) is 29.9 Å². The van der Waals surface area contributed by atoms with Gasteiger partial charge in [0.05, 0.1) is 32.3 Å². The molecular weight excluding hydrogens is 833 g/mol.